The number of hydrogen-bond donors (Lipinski definition) is 2. The largest absolute Gasteiger partial charge is 0.478 e. The first-order chi connectivity index (χ1) is 5.75. The number of aromatic amines is 1. The number of ether oxygens (including phenoxy) is 1. The summed E-state index contributed by atoms with van der Waals surface area (Å²) in [5.41, 5.74) is -0.0321. The van der Waals surface area contributed by atoms with Gasteiger partial charge in [0.05, 0.1) is 6.61 Å². The number of H-pyrrole nitrogens is 1. The molecule has 4 nitrogen and oxygen atoms in total. The fraction of sp³-hybridized carbons (Fsp3) is 0.250. The van der Waals surface area contributed by atoms with Gasteiger partial charge < -0.3 is 9.72 Å². The van der Waals surface area contributed by atoms with Gasteiger partial charge in [0, 0.05) is 6.20 Å². The van der Waals surface area contributed by atoms with E-state index in [4.69, 9.17) is 10.1 Å². The SMILES string of the molecule is CCOC(=N)c1ccc[nH]c1=O.Cl. The molecule has 0 aliphatic heterocycles. The molecule has 0 aliphatic carbocycles. The highest BCUT2D eigenvalue weighted by molar-refractivity contribution is 5.90. The van der Waals surface area contributed by atoms with E-state index in [-0.39, 0.29) is 29.4 Å². The van der Waals surface area contributed by atoms with Gasteiger partial charge in [0.1, 0.15) is 5.56 Å². The number of rotatable bonds is 2. The van der Waals surface area contributed by atoms with Gasteiger partial charge >= 0.3 is 0 Å². The molecule has 72 valence electrons. The zero-order valence-electron chi connectivity index (χ0n) is 7.16. The van der Waals surface area contributed by atoms with Crippen molar-refractivity contribution in [3.8, 4) is 0 Å². The van der Waals surface area contributed by atoms with Crippen LogP contribution < -0.4 is 5.56 Å². The molecule has 0 amide bonds. The maximum atomic E-state index is 11.1. The van der Waals surface area contributed by atoms with Crippen molar-refractivity contribution in [1.29, 1.82) is 5.41 Å². The van der Waals surface area contributed by atoms with Crippen LogP contribution in [0, 0.1) is 5.41 Å². The van der Waals surface area contributed by atoms with Crippen LogP contribution in [0.15, 0.2) is 23.1 Å². The van der Waals surface area contributed by atoms with Crippen LogP contribution in [0.4, 0.5) is 0 Å². The van der Waals surface area contributed by atoms with Crippen molar-refractivity contribution in [2.24, 2.45) is 0 Å². The van der Waals surface area contributed by atoms with Gasteiger partial charge in [0.2, 0.25) is 5.90 Å². The first-order valence-corrected chi connectivity index (χ1v) is 3.65. The Morgan fingerprint density at radius 1 is 1.69 bits per heavy atom. The number of hydrogen-bond acceptors (Lipinski definition) is 3. The van der Waals surface area contributed by atoms with Crippen molar-refractivity contribution in [1.82, 2.24) is 4.98 Å². The Morgan fingerprint density at radius 2 is 2.38 bits per heavy atom. The van der Waals surface area contributed by atoms with E-state index in [0.29, 0.717) is 6.61 Å². The van der Waals surface area contributed by atoms with Gasteiger partial charge in [-0.2, -0.15) is 0 Å². The van der Waals surface area contributed by atoms with Gasteiger partial charge in [0.15, 0.2) is 0 Å². The standard InChI is InChI=1S/C8H10N2O2.ClH/c1-2-12-7(9)6-4-3-5-10-8(6)11;/h3-5,9H,2H2,1H3,(H,10,11);1H. The highest BCUT2D eigenvalue weighted by Crippen LogP contribution is 1.92. The maximum absolute atomic E-state index is 11.1. The fourth-order valence-electron chi connectivity index (χ4n) is 0.822. The first-order valence-electron chi connectivity index (χ1n) is 3.65. The minimum atomic E-state index is -0.295. The third kappa shape index (κ3) is 2.91. The molecule has 0 saturated carbocycles. The van der Waals surface area contributed by atoms with E-state index in [9.17, 15) is 4.79 Å². The van der Waals surface area contributed by atoms with Crippen LogP contribution in [0.1, 0.15) is 12.5 Å². The molecule has 0 saturated heterocycles. The van der Waals surface area contributed by atoms with E-state index >= 15 is 0 Å². The fourth-order valence-corrected chi connectivity index (χ4v) is 0.822. The van der Waals surface area contributed by atoms with Gasteiger partial charge in [-0.3, -0.25) is 10.2 Å². The first kappa shape index (κ1) is 11.7. The molecule has 0 aromatic carbocycles. The molecule has 2 N–H and O–H groups in total. The van der Waals surface area contributed by atoms with Gasteiger partial charge in [-0.15, -0.1) is 12.4 Å². The average molecular weight is 203 g/mol. The Morgan fingerprint density at radius 3 is 2.92 bits per heavy atom. The van der Waals surface area contributed by atoms with Crippen molar-refractivity contribution in [2.75, 3.05) is 6.61 Å². The molecule has 0 fully saturated rings. The van der Waals surface area contributed by atoms with Crippen LogP contribution in [0.25, 0.3) is 0 Å². The van der Waals surface area contributed by atoms with Gasteiger partial charge in [0.25, 0.3) is 5.56 Å². The average Bonchev–Trinajstić information content (AvgIpc) is 2.05. The number of nitrogens with one attached hydrogen (secondary N) is 2. The topological polar surface area (TPSA) is 65.9 Å². The number of aromatic nitrogens is 1. The summed E-state index contributed by atoms with van der Waals surface area (Å²) in [4.78, 5) is 13.5. The van der Waals surface area contributed by atoms with Crippen molar-refractivity contribution in [2.45, 2.75) is 6.92 Å². The third-order valence-corrected chi connectivity index (χ3v) is 1.35. The van der Waals surface area contributed by atoms with Crippen LogP contribution in [-0.4, -0.2) is 17.5 Å². The van der Waals surface area contributed by atoms with E-state index in [0.717, 1.165) is 0 Å². The lowest BCUT2D eigenvalue weighted by atomic mass is 10.3. The van der Waals surface area contributed by atoms with E-state index in [2.05, 4.69) is 4.98 Å². The Labute approximate surface area is 81.9 Å². The van der Waals surface area contributed by atoms with Crippen LogP contribution in [0.5, 0.6) is 0 Å². The Kier molecular flexibility index (Phi) is 4.84. The molecule has 0 spiro atoms. The zero-order chi connectivity index (χ0) is 8.97. The summed E-state index contributed by atoms with van der Waals surface area (Å²) in [6.07, 6.45) is 1.52. The van der Waals surface area contributed by atoms with Gasteiger partial charge in [-0.05, 0) is 19.1 Å². The number of pyridine rings is 1. The van der Waals surface area contributed by atoms with Gasteiger partial charge in [-0.25, -0.2) is 0 Å². The lowest BCUT2D eigenvalue weighted by Crippen LogP contribution is -2.18. The summed E-state index contributed by atoms with van der Waals surface area (Å²) < 4.78 is 4.87. The van der Waals surface area contributed by atoms with Gasteiger partial charge in [-0.1, -0.05) is 0 Å². The molecular formula is C8H11ClN2O2. The summed E-state index contributed by atoms with van der Waals surface area (Å²) in [5, 5.41) is 7.33. The minimum absolute atomic E-state index is 0. The Hall–Kier alpha value is -1.29. The number of halogens is 1. The van der Waals surface area contributed by atoms with Crippen molar-refractivity contribution < 1.29 is 4.74 Å². The molecule has 13 heavy (non-hydrogen) atoms. The quantitative estimate of drug-likeness (QED) is 0.558. The van der Waals surface area contributed by atoms with Crippen LogP contribution in [0.2, 0.25) is 0 Å². The maximum Gasteiger partial charge on any atom is 0.260 e. The second-order valence-corrected chi connectivity index (χ2v) is 2.18. The molecule has 1 aromatic rings. The molecule has 1 aromatic heterocycles. The van der Waals surface area contributed by atoms with Crippen molar-refractivity contribution in [3.05, 3.63) is 34.2 Å². The second kappa shape index (κ2) is 5.37. The summed E-state index contributed by atoms with van der Waals surface area (Å²) in [6, 6.07) is 3.21. The second-order valence-electron chi connectivity index (χ2n) is 2.18. The molecule has 5 heteroatoms. The molecule has 1 rings (SSSR count). The Bertz CT molecular complexity index is 335. The highest BCUT2D eigenvalue weighted by Gasteiger charge is 2.04. The van der Waals surface area contributed by atoms with Crippen LogP contribution >= 0.6 is 12.4 Å². The lowest BCUT2D eigenvalue weighted by Gasteiger charge is -2.02. The predicted octanol–water partition coefficient (Wildman–Crippen LogP) is 1.16. The van der Waals surface area contributed by atoms with Crippen molar-refractivity contribution in [3.63, 3.8) is 0 Å². The third-order valence-electron chi connectivity index (χ3n) is 1.35. The molecular weight excluding hydrogens is 192 g/mol. The lowest BCUT2D eigenvalue weighted by molar-refractivity contribution is 0.325. The zero-order valence-corrected chi connectivity index (χ0v) is 7.98. The van der Waals surface area contributed by atoms with E-state index in [1.165, 1.54) is 6.20 Å². The van der Waals surface area contributed by atoms with E-state index < -0.39 is 0 Å². The molecule has 0 unspecified atom stereocenters. The molecule has 1 heterocycles. The monoisotopic (exact) mass is 202 g/mol. The van der Waals surface area contributed by atoms with Crippen LogP contribution in [0.3, 0.4) is 0 Å². The minimum Gasteiger partial charge on any atom is -0.478 e. The van der Waals surface area contributed by atoms with Crippen LogP contribution in [-0.2, 0) is 4.74 Å². The summed E-state index contributed by atoms with van der Waals surface area (Å²) in [5.74, 6) is -0.0839. The summed E-state index contributed by atoms with van der Waals surface area (Å²) in [7, 11) is 0. The molecule has 0 radical (unpaired) electrons. The summed E-state index contributed by atoms with van der Waals surface area (Å²) in [6.45, 7) is 2.17. The smallest absolute Gasteiger partial charge is 0.260 e. The predicted molar refractivity (Wildman–Crippen MR) is 52.8 cm³/mol. The molecule has 0 aliphatic rings. The Balaban J connectivity index is 0.00000144. The van der Waals surface area contributed by atoms with E-state index in [1.54, 1.807) is 19.1 Å². The summed E-state index contributed by atoms with van der Waals surface area (Å²) >= 11 is 0. The van der Waals surface area contributed by atoms with E-state index in [1.807, 2.05) is 0 Å². The molecule has 0 atom stereocenters. The van der Waals surface area contributed by atoms with Crippen molar-refractivity contribution >= 4 is 18.3 Å². The molecule has 0 bridgehead atoms. The normalized spacial score (nSPS) is 8.69. The highest BCUT2D eigenvalue weighted by atomic mass is 35.5.